The second kappa shape index (κ2) is 9.93. The Morgan fingerprint density at radius 1 is 1.10 bits per heavy atom. The van der Waals surface area contributed by atoms with Gasteiger partial charge >= 0.3 is 0 Å². The molecular weight excluding hydrogens is 380 g/mol. The molecule has 0 unspecified atom stereocenters. The third-order valence-corrected chi connectivity index (χ3v) is 4.71. The van der Waals surface area contributed by atoms with Gasteiger partial charge in [0.15, 0.2) is 0 Å². The largest absolute Gasteiger partial charge is 0.497 e. The zero-order valence-corrected chi connectivity index (χ0v) is 17.9. The van der Waals surface area contributed by atoms with E-state index in [4.69, 9.17) is 14.6 Å². The summed E-state index contributed by atoms with van der Waals surface area (Å²) in [6.07, 6.45) is 2.62. The Balaban J connectivity index is 2.01. The van der Waals surface area contributed by atoms with Crippen LogP contribution < -0.4 is 14.8 Å². The first-order valence-electron chi connectivity index (χ1n) is 9.84. The maximum Gasteiger partial charge on any atom is 0.255 e. The predicted octanol–water partition coefficient (Wildman–Crippen LogP) is 3.24. The molecule has 0 aliphatic rings. The van der Waals surface area contributed by atoms with Crippen LogP contribution in [0.1, 0.15) is 16.8 Å². The fourth-order valence-corrected chi connectivity index (χ4v) is 3.14. The third-order valence-electron chi connectivity index (χ3n) is 4.71. The molecule has 0 aliphatic heterocycles. The molecule has 0 fully saturated rings. The number of methoxy groups -OCH3 is 2. The number of aromatic nitrogens is 2. The lowest BCUT2D eigenvalue weighted by atomic mass is 10.1. The van der Waals surface area contributed by atoms with E-state index in [1.807, 2.05) is 62.6 Å². The molecule has 158 valence electrons. The Labute approximate surface area is 177 Å². The van der Waals surface area contributed by atoms with Crippen LogP contribution in [-0.2, 0) is 0 Å². The standard InChI is InChI=1S/C23H28N4O3/c1-26(2)14-8-13-24-23(28)20-16-27(17-9-6-5-7-10-17)25-22(20)19-15-18(29-3)11-12-21(19)30-4/h5-7,9-12,15-16H,8,13-14H2,1-4H3,(H,24,28). The van der Waals surface area contributed by atoms with E-state index in [1.54, 1.807) is 25.1 Å². The second-order valence-electron chi connectivity index (χ2n) is 7.15. The molecule has 30 heavy (non-hydrogen) atoms. The molecule has 7 heteroatoms. The van der Waals surface area contributed by atoms with Crippen molar-refractivity contribution < 1.29 is 14.3 Å². The zero-order valence-electron chi connectivity index (χ0n) is 17.9. The molecule has 3 aromatic rings. The van der Waals surface area contributed by atoms with Crippen molar-refractivity contribution in [3.8, 4) is 28.4 Å². The van der Waals surface area contributed by atoms with E-state index in [9.17, 15) is 4.79 Å². The molecule has 0 saturated carbocycles. The van der Waals surface area contributed by atoms with Crippen molar-refractivity contribution in [3.05, 3.63) is 60.3 Å². The van der Waals surface area contributed by atoms with Gasteiger partial charge in [0, 0.05) is 18.3 Å². The lowest BCUT2D eigenvalue weighted by Gasteiger charge is -2.11. The van der Waals surface area contributed by atoms with Gasteiger partial charge in [-0.25, -0.2) is 4.68 Å². The summed E-state index contributed by atoms with van der Waals surface area (Å²) in [6.45, 7) is 1.49. The summed E-state index contributed by atoms with van der Waals surface area (Å²) in [6, 6.07) is 15.2. The fraction of sp³-hybridized carbons (Fsp3) is 0.304. The highest BCUT2D eigenvalue weighted by Crippen LogP contribution is 2.35. The normalized spacial score (nSPS) is 10.8. The van der Waals surface area contributed by atoms with E-state index in [0.29, 0.717) is 34.9 Å². The Hall–Kier alpha value is -3.32. The van der Waals surface area contributed by atoms with E-state index < -0.39 is 0 Å². The molecule has 0 spiro atoms. The summed E-state index contributed by atoms with van der Waals surface area (Å²) in [5.74, 6) is 1.11. The molecule has 0 bridgehead atoms. The SMILES string of the molecule is COc1ccc(OC)c(-c2nn(-c3ccccc3)cc2C(=O)NCCCN(C)C)c1. The zero-order chi connectivity index (χ0) is 21.5. The molecule has 0 atom stereocenters. The number of carbonyl (C=O) groups is 1. The average molecular weight is 409 g/mol. The third kappa shape index (κ3) is 4.99. The average Bonchev–Trinajstić information content (AvgIpc) is 3.22. The van der Waals surface area contributed by atoms with Gasteiger partial charge in [0.05, 0.1) is 25.5 Å². The lowest BCUT2D eigenvalue weighted by molar-refractivity contribution is 0.0953. The van der Waals surface area contributed by atoms with Crippen LogP contribution in [0.15, 0.2) is 54.7 Å². The number of nitrogens with zero attached hydrogens (tertiary/aromatic N) is 3. The van der Waals surface area contributed by atoms with Crippen LogP contribution in [0.25, 0.3) is 16.9 Å². The fourth-order valence-electron chi connectivity index (χ4n) is 3.14. The molecule has 2 aromatic carbocycles. The summed E-state index contributed by atoms with van der Waals surface area (Å²) in [7, 11) is 7.23. The molecule has 1 heterocycles. The molecule has 3 rings (SSSR count). The van der Waals surface area contributed by atoms with Crippen LogP contribution >= 0.6 is 0 Å². The monoisotopic (exact) mass is 408 g/mol. The van der Waals surface area contributed by atoms with Gasteiger partial charge in [0.1, 0.15) is 17.2 Å². The van der Waals surface area contributed by atoms with Crippen LogP contribution in [0, 0.1) is 0 Å². The Morgan fingerprint density at radius 3 is 2.53 bits per heavy atom. The van der Waals surface area contributed by atoms with Crippen molar-refractivity contribution in [2.75, 3.05) is 41.4 Å². The lowest BCUT2D eigenvalue weighted by Crippen LogP contribution is -2.27. The minimum atomic E-state index is -0.171. The molecule has 7 nitrogen and oxygen atoms in total. The smallest absolute Gasteiger partial charge is 0.255 e. The summed E-state index contributed by atoms with van der Waals surface area (Å²) in [5, 5.41) is 7.73. The number of rotatable bonds is 9. The highest BCUT2D eigenvalue weighted by atomic mass is 16.5. The molecule has 1 amide bonds. The van der Waals surface area contributed by atoms with E-state index in [2.05, 4.69) is 10.2 Å². The van der Waals surface area contributed by atoms with Crippen molar-refractivity contribution in [1.82, 2.24) is 20.0 Å². The topological polar surface area (TPSA) is 68.6 Å². The van der Waals surface area contributed by atoms with Crippen molar-refractivity contribution in [3.63, 3.8) is 0 Å². The number of hydrogen-bond acceptors (Lipinski definition) is 5. The first-order chi connectivity index (χ1) is 14.5. The Kier molecular flexibility index (Phi) is 7.08. The van der Waals surface area contributed by atoms with Gasteiger partial charge in [0.2, 0.25) is 0 Å². The van der Waals surface area contributed by atoms with Gasteiger partial charge in [-0.05, 0) is 57.4 Å². The van der Waals surface area contributed by atoms with Crippen molar-refractivity contribution in [2.24, 2.45) is 0 Å². The molecule has 0 saturated heterocycles. The van der Waals surface area contributed by atoms with Gasteiger partial charge < -0.3 is 19.7 Å². The number of nitrogens with one attached hydrogen (secondary N) is 1. The van der Waals surface area contributed by atoms with Crippen LogP contribution in [-0.4, -0.2) is 62.0 Å². The van der Waals surface area contributed by atoms with E-state index in [0.717, 1.165) is 18.7 Å². The van der Waals surface area contributed by atoms with E-state index in [1.165, 1.54) is 0 Å². The Bertz CT molecular complexity index is 983. The second-order valence-corrected chi connectivity index (χ2v) is 7.15. The number of benzene rings is 2. The number of carbonyl (C=O) groups excluding carboxylic acids is 1. The summed E-state index contributed by atoms with van der Waals surface area (Å²) < 4.78 is 12.6. The first kappa shape index (κ1) is 21.4. The number of hydrogen-bond donors (Lipinski definition) is 1. The molecule has 1 N–H and O–H groups in total. The van der Waals surface area contributed by atoms with Crippen molar-refractivity contribution in [2.45, 2.75) is 6.42 Å². The highest BCUT2D eigenvalue weighted by Gasteiger charge is 2.21. The molecule has 1 aromatic heterocycles. The molecular formula is C23H28N4O3. The minimum Gasteiger partial charge on any atom is -0.497 e. The maximum absolute atomic E-state index is 13.0. The summed E-state index contributed by atoms with van der Waals surface area (Å²) in [4.78, 5) is 15.1. The number of ether oxygens (including phenoxy) is 2. The summed E-state index contributed by atoms with van der Waals surface area (Å²) in [5.41, 5.74) is 2.59. The van der Waals surface area contributed by atoms with Gasteiger partial charge in [0.25, 0.3) is 5.91 Å². The highest BCUT2D eigenvalue weighted by molar-refractivity contribution is 6.00. The van der Waals surface area contributed by atoms with Crippen LogP contribution in [0.2, 0.25) is 0 Å². The quantitative estimate of drug-likeness (QED) is 0.551. The van der Waals surface area contributed by atoms with Crippen LogP contribution in [0.4, 0.5) is 0 Å². The Morgan fingerprint density at radius 2 is 1.87 bits per heavy atom. The number of amides is 1. The van der Waals surface area contributed by atoms with E-state index >= 15 is 0 Å². The molecule has 0 aliphatic carbocycles. The summed E-state index contributed by atoms with van der Waals surface area (Å²) >= 11 is 0. The van der Waals surface area contributed by atoms with E-state index in [-0.39, 0.29) is 5.91 Å². The van der Waals surface area contributed by atoms with Crippen molar-refractivity contribution >= 4 is 5.91 Å². The van der Waals surface area contributed by atoms with Crippen molar-refractivity contribution in [1.29, 1.82) is 0 Å². The number of para-hydroxylation sites is 1. The van der Waals surface area contributed by atoms with Gasteiger partial charge in [-0.15, -0.1) is 0 Å². The van der Waals surface area contributed by atoms with Crippen LogP contribution in [0.5, 0.6) is 11.5 Å². The predicted molar refractivity (Wildman–Crippen MR) is 118 cm³/mol. The van der Waals surface area contributed by atoms with Gasteiger partial charge in [-0.1, -0.05) is 18.2 Å². The van der Waals surface area contributed by atoms with Gasteiger partial charge in [-0.3, -0.25) is 4.79 Å². The minimum absolute atomic E-state index is 0.171. The van der Waals surface area contributed by atoms with Crippen LogP contribution in [0.3, 0.4) is 0 Å². The maximum atomic E-state index is 13.0. The first-order valence-corrected chi connectivity index (χ1v) is 9.84. The molecule has 0 radical (unpaired) electrons. The van der Waals surface area contributed by atoms with Gasteiger partial charge in [-0.2, -0.15) is 5.10 Å².